The second-order valence-electron chi connectivity index (χ2n) is 7.11. The molecular formula is C22H16F5N3S. The summed E-state index contributed by atoms with van der Waals surface area (Å²) in [5.41, 5.74) is 1.32. The molecule has 0 aliphatic heterocycles. The lowest BCUT2D eigenvalue weighted by molar-refractivity contribution is -0.137. The third kappa shape index (κ3) is 3.74. The quantitative estimate of drug-likeness (QED) is 0.322. The minimum Gasteiger partial charge on any atom is -0.248 e. The van der Waals surface area contributed by atoms with Gasteiger partial charge in [-0.1, -0.05) is 18.2 Å². The summed E-state index contributed by atoms with van der Waals surface area (Å²) in [4.78, 5) is 4.98. The summed E-state index contributed by atoms with van der Waals surface area (Å²) >= 11 is 1.20. The van der Waals surface area contributed by atoms with Gasteiger partial charge in [-0.2, -0.15) is 18.3 Å². The van der Waals surface area contributed by atoms with Gasteiger partial charge in [-0.15, -0.1) is 11.3 Å². The molecule has 0 fully saturated rings. The van der Waals surface area contributed by atoms with Crippen LogP contribution in [0, 0.1) is 25.5 Å². The Balaban J connectivity index is 1.77. The summed E-state index contributed by atoms with van der Waals surface area (Å²) in [5, 5.41) is 6.07. The van der Waals surface area contributed by atoms with E-state index in [4.69, 9.17) is 0 Å². The Morgan fingerprint density at radius 1 is 0.968 bits per heavy atom. The molecule has 4 aromatic rings. The summed E-state index contributed by atoms with van der Waals surface area (Å²) in [6, 6.07) is 7.18. The maximum absolute atomic E-state index is 14.5. The fourth-order valence-electron chi connectivity index (χ4n) is 3.42. The predicted octanol–water partition coefficient (Wildman–Crippen LogP) is 6.79. The molecule has 0 radical (unpaired) electrons. The van der Waals surface area contributed by atoms with Crippen LogP contribution in [0.5, 0.6) is 0 Å². The van der Waals surface area contributed by atoms with E-state index in [1.165, 1.54) is 22.1 Å². The Labute approximate surface area is 178 Å². The minimum absolute atomic E-state index is 0.0779. The summed E-state index contributed by atoms with van der Waals surface area (Å²) in [6.07, 6.45) is -4.62. The molecule has 0 aliphatic carbocycles. The van der Waals surface area contributed by atoms with Crippen molar-refractivity contribution < 1.29 is 22.0 Å². The van der Waals surface area contributed by atoms with Crippen molar-refractivity contribution in [2.24, 2.45) is 7.05 Å². The summed E-state index contributed by atoms with van der Waals surface area (Å²) in [6.45, 7) is 3.50. The molecule has 2 aromatic heterocycles. The van der Waals surface area contributed by atoms with Crippen LogP contribution in [0.1, 0.15) is 16.7 Å². The molecule has 4 rings (SSSR count). The lowest BCUT2D eigenvalue weighted by Gasteiger charge is -2.09. The van der Waals surface area contributed by atoms with Crippen LogP contribution in [0.3, 0.4) is 0 Å². The maximum atomic E-state index is 14.5. The molecule has 9 heteroatoms. The average molecular weight is 449 g/mol. The third-order valence-electron chi connectivity index (χ3n) is 5.03. The van der Waals surface area contributed by atoms with Crippen molar-refractivity contribution in [3.8, 4) is 33.2 Å². The number of thiophene rings is 1. The number of aromatic nitrogens is 3. The van der Waals surface area contributed by atoms with E-state index in [1.54, 1.807) is 38.4 Å². The lowest BCUT2D eigenvalue weighted by Crippen LogP contribution is -2.05. The smallest absolute Gasteiger partial charge is 0.248 e. The van der Waals surface area contributed by atoms with Crippen molar-refractivity contribution in [1.29, 1.82) is 0 Å². The molecule has 2 aromatic carbocycles. The molecular weight excluding hydrogens is 433 g/mol. The molecule has 160 valence electrons. The van der Waals surface area contributed by atoms with Crippen molar-refractivity contribution in [1.82, 2.24) is 14.8 Å². The molecule has 3 nitrogen and oxygen atoms in total. The number of benzene rings is 2. The molecule has 0 N–H and O–H groups in total. The van der Waals surface area contributed by atoms with Gasteiger partial charge in [0.15, 0.2) is 11.6 Å². The average Bonchev–Trinajstić information content (AvgIpc) is 3.23. The Morgan fingerprint density at radius 2 is 1.71 bits per heavy atom. The first-order valence-corrected chi connectivity index (χ1v) is 10.1. The number of halogens is 5. The van der Waals surface area contributed by atoms with E-state index in [9.17, 15) is 22.0 Å². The summed E-state index contributed by atoms with van der Waals surface area (Å²) in [7, 11) is 1.66. The van der Waals surface area contributed by atoms with E-state index < -0.39 is 23.4 Å². The van der Waals surface area contributed by atoms with Crippen LogP contribution in [-0.2, 0) is 13.2 Å². The number of nitrogens with zero attached hydrogens (tertiary/aromatic N) is 3. The first-order valence-electron chi connectivity index (χ1n) is 9.20. The van der Waals surface area contributed by atoms with Gasteiger partial charge >= 0.3 is 6.18 Å². The fraction of sp³-hybridized carbons (Fsp3) is 0.182. The standard InChI is InChI=1S/C22H16F5N3S/c1-11-5-4-6-16(23)18(11)20-28-21(30(3)29-20)15-10-31-19(12(15)2)14-8-7-13(9-17(14)24)22(25,26)27/h4-10H,1-3H3. The molecule has 0 bridgehead atoms. The van der Waals surface area contributed by atoms with Crippen molar-refractivity contribution >= 4 is 11.3 Å². The molecule has 0 atom stereocenters. The second kappa shape index (κ2) is 7.56. The predicted molar refractivity (Wildman–Crippen MR) is 110 cm³/mol. The Kier molecular flexibility index (Phi) is 5.17. The van der Waals surface area contributed by atoms with Crippen LogP contribution in [0.4, 0.5) is 22.0 Å². The normalized spacial score (nSPS) is 11.9. The highest BCUT2D eigenvalue weighted by molar-refractivity contribution is 7.14. The van der Waals surface area contributed by atoms with Crippen LogP contribution in [0.25, 0.3) is 33.2 Å². The first-order chi connectivity index (χ1) is 14.6. The highest BCUT2D eigenvalue weighted by atomic mass is 32.1. The zero-order chi connectivity index (χ0) is 22.5. The van der Waals surface area contributed by atoms with Gasteiger partial charge in [0.25, 0.3) is 0 Å². The molecule has 0 spiro atoms. The highest BCUT2D eigenvalue weighted by Crippen LogP contribution is 2.40. The van der Waals surface area contributed by atoms with Gasteiger partial charge in [0.05, 0.1) is 11.1 Å². The zero-order valence-electron chi connectivity index (χ0n) is 16.7. The van der Waals surface area contributed by atoms with E-state index in [1.807, 2.05) is 0 Å². The van der Waals surface area contributed by atoms with Crippen molar-refractivity contribution in [3.05, 3.63) is 70.1 Å². The molecule has 31 heavy (non-hydrogen) atoms. The van der Waals surface area contributed by atoms with Gasteiger partial charge in [0.1, 0.15) is 11.6 Å². The van der Waals surface area contributed by atoms with Crippen LogP contribution in [0.2, 0.25) is 0 Å². The third-order valence-corrected chi connectivity index (χ3v) is 6.15. The second-order valence-corrected chi connectivity index (χ2v) is 7.99. The molecule has 0 amide bonds. The maximum Gasteiger partial charge on any atom is 0.416 e. The SMILES string of the molecule is Cc1cccc(F)c1-c1nc(-c2csc(-c3ccc(C(F)(F)F)cc3F)c2C)n(C)n1. The number of aryl methyl sites for hydroxylation is 2. The topological polar surface area (TPSA) is 30.7 Å². The molecule has 0 unspecified atom stereocenters. The molecule has 2 heterocycles. The molecule has 0 aliphatic rings. The van der Waals surface area contributed by atoms with Crippen molar-refractivity contribution in [3.63, 3.8) is 0 Å². The largest absolute Gasteiger partial charge is 0.416 e. The summed E-state index contributed by atoms with van der Waals surface area (Å²) < 4.78 is 68.8. The van der Waals surface area contributed by atoms with Crippen LogP contribution in [-0.4, -0.2) is 14.8 Å². The number of alkyl halides is 3. The highest BCUT2D eigenvalue weighted by Gasteiger charge is 2.31. The minimum atomic E-state index is -4.62. The Morgan fingerprint density at radius 3 is 2.35 bits per heavy atom. The number of hydrogen-bond donors (Lipinski definition) is 0. The zero-order valence-corrected chi connectivity index (χ0v) is 17.5. The Bertz CT molecular complexity index is 1270. The van der Waals surface area contributed by atoms with Crippen molar-refractivity contribution in [2.75, 3.05) is 0 Å². The van der Waals surface area contributed by atoms with Crippen LogP contribution < -0.4 is 0 Å². The fourth-order valence-corrected chi connectivity index (χ4v) is 4.52. The van der Waals surface area contributed by atoms with Gasteiger partial charge in [-0.3, -0.25) is 0 Å². The summed E-state index contributed by atoms with van der Waals surface area (Å²) in [5.74, 6) is -0.718. The van der Waals surface area contributed by atoms with E-state index in [2.05, 4.69) is 10.1 Å². The van der Waals surface area contributed by atoms with E-state index in [0.29, 0.717) is 39.0 Å². The van der Waals surface area contributed by atoms with Gasteiger partial charge in [-0.25, -0.2) is 18.4 Å². The van der Waals surface area contributed by atoms with Gasteiger partial charge in [-0.05, 0) is 43.2 Å². The van der Waals surface area contributed by atoms with Gasteiger partial charge < -0.3 is 0 Å². The Hall–Kier alpha value is -3.07. The van der Waals surface area contributed by atoms with Gasteiger partial charge in [0, 0.05) is 28.4 Å². The lowest BCUT2D eigenvalue weighted by atomic mass is 10.0. The van der Waals surface area contributed by atoms with E-state index in [0.717, 1.165) is 12.1 Å². The first kappa shape index (κ1) is 21.2. The van der Waals surface area contributed by atoms with Gasteiger partial charge in [0.2, 0.25) is 0 Å². The van der Waals surface area contributed by atoms with Crippen molar-refractivity contribution in [2.45, 2.75) is 20.0 Å². The number of hydrogen-bond acceptors (Lipinski definition) is 3. The van der Waals surface area contributed by atoms with E-state index >= 15 is 0 Å². The number of rotatable bonds is 3. The van der Waals surface area contributed by atoms with Crippen LogP contribution >= 0.6 is 11.3 Å². The molecule has 0 saturated carbocycles. The van der Waals surface area contributed by atoms with E-state index in [-0.39, 0.29) is 11.4 Å². The van der Waals surface area contributed by atoms with Crippen LogP contribution in [0.15, 0.2) is 41.8 Å². The monoisotopic (exact) mass is 449 g/mol. The molecule has 0 saturated heterocycles.